The van der Waals surface area contributed by atoms with Crippen LogP contribution < -0.4 is 0 Å². The Bertz CT molecular complexity index is 799. The summed E-state index contributed by atoms with van der Waals surface area (Å²) < 4.78 is 11.5. The zero-order valence-electron chi connectivity index (χ0n) is 13.1. The van der Waals surface area contributed by atoms with Gasteiger partial charge < -0.3 is 9.47 Å². The Morgan fingerprint density at radius 3 is 2.52 bits per heavy atom. The van der Waals surface area contributed by atoms with Gasteiger partial charge in [0, 0.05) is 11.8 Å². The quantitative estimate of drug-likeness (QED) is 0.741. The lowest BCUT2D eigenvalue weighted by atomic mass is 9.64. The van der Waals surface area contributed by atoms with Crippen molar-refractivity contribution >= 4 is 11.6 Å². The number of rotatable bonds is 1. The Balaban J connectivity index is 1.47. The van der Waals surface area contributed by atoms with Crippen molar-refractivity contribution in [2.45, 2.75) is 44.2 Å². The molecule has 4 nitrogen and oxygen atoms in total. The average Bonchev–Trinajstić information content (AvgIpc) is 3.43. The number of aryl methyl sites for hydroxylation is 2. The number of benzene rings is 1. The van der Waals surface area contributed by atoms with Gasteiger partial charge in [0.1, 0.15) is 0 Å². The minimum absolute atomic E-state index is 0.136. The molecule has 0 N–H and O–H groups in total. The van der Waals surface area contributed by atoms with Crippen LogP contribution in [0.5, 0.6) is 0 Å². The third-order valence-electron chi connectivity index (χ3n) is 7.07. The number of epoxide rings is 2. The van der Waals surface area contributed by atoms with Crippen molar-refractivity contribution in [1.29, 1.82) is 0 Å². The number of carbonyl (C=O) groups excluding carboxylic acids is 2. The Morgan fingerprint density at radius 2 is 1.78 bits per heavy atom. The molecule has 2 aliphatic heterocycles. The maximum atomic E-state index is 13.3. The van der Waals surface area contributed by atoms with Crippen molar-refractivity contribution in [2.75, 3.05) is 0 Å². The molecule has 2 bridgehead atoms. The third kappa shape index (κ3) is 1.26. The van der Waals surface area contributed by atoms with E-state index in [4.69, 9.17) is 9.47 Å². The first-order valence-electron chi connectivity index (χ1n) is 8.53. The van der Waals surface area contributed by atoms with E-state index in [1.807, 2.05) is 32.0 Å². The Hall–Kier alpha value is -1.52. The van der Waals surface area contributed by atoms with Crippen molar-refractivity contribution in [2.24, 2.45) is 23.7 Å². The molecule has 0 spiro atoms. The SMILES string of the molecule is Cc1ccc([C@]23O[C@@H]2C(=O)[C@@H]2[C@H]4C[C@@H]([C@@H]5O[C@H]45)[C@@H]2C3=O)cc1C. The van der Waals surface area contributed by atoms with Gasteiger partial charge >= 0.3 is 0 Å². The highest BCUT2D eigenvalue weighted by atomic mass is 16.6. The Kier molecular flexibility index (Phi) is 2.01. The summed E-state index contributed by atoms with van der Waals surface area (Å²) >= 11 is 0. The highest BCUT2D eigenvalue weighted by molar-refractivity contribution is 6.10. The van der Waals surface area contributed by atoms with E-state index in [2.05, 4.69) is 0 Å². The minimum Gasteiger partial charge on any atom is -0.369 e. The summed E-state index contributed by atoms with van der Waals surface area (Å²) in [5.41, 5.74) is 2.18. The number of hydrogen-bond donors (Lipinski definition) is 0. The van der Waals surface area contributed by atoms with E-state index >= 15 is 0 Å². The fourth-order valence-corrected chi connectivity index (χ4v) is 5.74. The van der Waals surface area contributed by atoms with Crippen molar-refractivity contribution in [3.8, 4) is 0 Å². The molecule has 118 valence electrons. The van der Waals surface area contributed by atoms with Crippen LogP contribution in [0.4, 0.5) is 0 Å². The first-order valence-corrected chi connectivity index (χ1v) is 8.53. The lowest BCUT2D eigenvalue weighted by Gasteiger charge is -2.32. The summed E-state index contributed by atoms with van der Waals surface area (Å²) in [5.74, 6) is 0.444. The number of hydrogen-bond acceptors (Lipinski definition) is 4. The highest BCUT2D eigenvalue weighted by Gasteiger charge is 2.81. The molecule has 2 heterocycles. The second kappa shape index (κ2) is 3.60. The summed E-state index contributed by atoms with van der Waals surface area (Å²) in [6.45, 7) is 4.08. The third-order valence-corrected chi connectivity index (χ3v) is 7.07. The van der Waals surface area contributed by atoms with Gasteiger partial charge in [-0.3, -0.25) is 9.59 Å². The second-order valence-electron chi connectivity index (χ2n) is 7.98. The summed E-state index contributed by atoms with van der Waals surface area (Å²) in [6, 6.07) is 5.99. The van der Waals surface area contributed by atoms with Crippen LogP contribution in [-0.4, -0.2) is 29.9 Å². The molecule has 0 unspecified atom stereocenters. The van der Waals surface area contributed by atoms with Crippen molar-refractivity contribution < 1.29 is 19.1 Å². The van der Waals surface area contributed by atoms with Gasteiger partial charge in [0.25, 0.3) is 0 Å². The van der Waals surface area contributed by atoms with Crippen LogP contribution in [-0.2, 0) is 24.7 Å². The Labute approximate surface area is 134 Å². The van der Waals surface area contributed by atoms with E-state index in [9.17, 15) is 9.59 Å². The van der Waals surface area contributed by atoms with Gasteiger partial charge in [0.2, 0.25) is 0 Å². The lowest BCUT2D eigenvalue weighted by Crippen LogP contribution is -2.50. The van der Waals surface area contributed by atoms with Crippen LogP contribution in [0, 0.1) is 37.5 Å². The highest BCUT2D eigenvalue weighted by Crippen LogP contribution is 2.68. The number of Topliss-reactive ketones (excluding diaryl/α,β-unsaturated/α-hetero) is 2. The number of carbonyl (C=O) groups is 2. The molecule has 6 rings (SSSR count). The molecular formula is C19H18O4. The van der Waals surface area contributed by atoms with Crippen LogP contribution in [0.15, 0.2) is 18.2 Å². The van der Waals surface area contributed by atoms with Crippen molar-refractivity contribution in [3.05, 3.63) is 34.9 Å². The predicted molar refractivity (Wildman–Crippen MR) is 79.7 cm³/mol. The fraction of sp³-hybridized carbons (Fsp3) is 0.579. The molecular weight excluding hydrogens is 292 g/mol. The van der Waals surface area contributed by atoms with E-state index < -0.39 is 11.7 Å². The molecule has 23 heavy (non-hydrogen) atoms. The van der Waals surface area contributed by atoms with Gasteiger partial charge in [-0.2, -0.15) is 0 Å². The van der Waals surface area contributed by atoms with Crippen LogP contribution in [0.25, 0.3) is 0 Å². The molecule has 5 fully saturated rings. The molecule has 3 aliphatic carbocycles. The molecule has 8 atom stereocenters. The molecule has 0 radical (unpaired) electrons. The largest absolute Gasteiger partial charge is 0.369 e. The van der Waals surface area contributed by atoms with Gasteiger partial charge in [0.05, 0.1) is 12.2 Å². The van der Waals surface area contributed by atoms with E-state index in [-0.39, 0.29) is 47.4 Å². The maximum absolute atomic E-state index is 13.3. The van der Waals surface area contributed by atoms with Gasteiger partial charge in [-0.1, -0.05) is 18.2 Å². The number of fused-ring (bicyclic) bond motifs is 9. The summed E-state index contributed by atoms with van der Waals surface area (Å²) in [5, 5.41) is 0. The van der Waals surface area contributed by atoms with Gasteiger partial charge in [0.15, 0.2) is 23.3 Å². The number of ether oxygens (including phenoxy) is 2. The van der Waals surface area contributed by atoms with Crippen LogP contribution in [0.3, 0.4) is 0 Å². The molecule has 5 aliphatic rings. The van der Waals surface area contributed by atoms with Gasteiger partial charge in [-0.25, -0.2) is 0 Å². The van der Waals surface area contributed by atoms with Gasteiger partial charge in [-0.05, 0) is 48.8 Å². The standard InChI is InChI=1S/C19H18O4/c1-7-3-4-9(5-8(7)2)19-17(21)13-11-6-10(15-16(11)22-15)12(13)14(20)18(19)23-19/h3-5,10-13,15-16,18H,6H2,1-2H3/t10-,11-,12-,13+,15-,16+,18-,19-/m1/s1. The van der Waals surface area contributed by atoms with Crippen LogP contribution in [0.1, 0.15) is 23.1 Å². The molecule has 1 aromatic carbocycles. The molecule has 1 aromatic rings. The van der Waals surface area contributed by atoms with Gasteiger partial charge in [-0.15, -0.1) is 0 Å². The monoisotopic (exact) mass is 310 g/mol. The first kappa shape index (κ1) is 12.8. The summed E-state index contributed by atoms with van der Waals surface area (Å²) in [7, 11) is 0. The van der Waals surface area contributed by atoms with E-state index in [1.54, 1.807) is 0 Å². The van der Waals surface area contributed by atoms with Crippen LogP contribution >= 0.6 is 0 Å². The van der Waals surface area contributed by atoms with E-state index in [0.29, 0.717) is 0 Å². The normalized spacial score (nSPS) is 51.3. The minimum atomic E-state index is -0.994. The van der Waals surface area contributed by atoms with E-state index in [0.717, 1.165) is 17.5 Å². The predicted octanol–water partition coefficient (Wildman–Crippen LogP) is 1.70. The Morgan fingerprint density at radius 1 is 1.04 bits per heavy atom. The van der Waals surface area contributed by atoms with E-state index in [1.165, 1.54) is 5.56 Å². The second-order valence-corrected chi connectivity index (χ2v) is 7.98. The van der Waals surface area contributed by atoms with Crippen molar-refractivity contribution in [3.63, 3.8) is 0 Å². The maximum Gasteiger partial charge on any atom is 0.186 e. The zero-order valence-corrected chi connectivity index (χ0v) is 13.1. The molecule has 0 aromatic heterocycles. The zero-order chi connectivity index (χ0) is 15.7. The summed E-state index contributed by atoms with van der Waals surface area (Å²) in [6.07, 6.45) is 0.892. The lowest BCUT2D eigenvalue weighted by molar-refractivity contribution is -0.140. The topological polar surface area (TPSA) is 59.2 Å². The molecule has 2 saturated heterocycles. The van der Waals surface area contributed by atoms with Crippen LogP contribution in [0.2, 0.25) is 0 Å². The fourth-order valence-electron chi connectivity index (χ4n) is 5.74. The molecule has 0 amide bonds. The first-order chi connectivity index (χ1) is 11.0. The molecule has 3 saturated carbocycles. The average molecular weight is 310 g/mol. The number of ketones is 2. The van der Waals surface area contributed by atoms with Crippen molar-refractivity contribution in [1.82, 2.24) is 0 Å². The molecule has 4 heteroatoms. The smallest absolute Gasteiger partial charge is 0.186 e. The summed E-state index contributed by atoms with van der Waals surface area (Å²) in [4.78, 5) is 26.3.